The molecule has 8 nitrogen and oxygen atoms in total. The Hall–Kier alpha value is -2.42. The third kappa shape index (κ3) is 9.87. The van der Waals surface area contributed by atoms with Crippen molar-refractivity contribution in [3.63, 3.8) is 0 Å². The molecule has 0 unspecified atom stereocenters. The van der Waals surface area contributed by atoms with Crippen molar-refractivity contribution in [3.8, 4) is 0 Å². The Kier molecular flexibility index (Phi) is 10.5. The summed E-state index contributed by atoms with van der Waals surface area (Å²) in [4.78, 5) is 34.4. The molecule has 1 aromatic carbocycles. The molecule has 30 heavy (non-hydrogen) atoms. The summed E-state index contributed by atoms with van der Waals surface area (Å²) in [5.74, 6) is 0. The zero-order chi connectivity index (χ0) is 22.7. The first-order chi connectivity index (χ1) is 14.0. The summed E-state index contributed by atoms with van der Waals surface area (Å²) in [6.45, 7) is 5.19. The average Bonchev–Trinajstić information content (AvgIpc) is 2.62. The van der Waals surface area contributed by atoms with Crippen LogP contribution in [0.2, 0.25) is 0 Å². The molecule has 1 aromatic rings. The first-order valence-electron chi connectivity index (χ1n) is 9.85. The predicted molar refractivity (Wildman–Crippen MR) is 118 cm³/mol. The molecule has 0 fully saturated rings. The second kappa shape index (κ2) is 12.3. The first-order valence-corrected chi connectivity index (χ1v) is 10.6. The van der Waals surface area contributed by atoms with Crippen LogP contribution in [0.1, 0.15) is 64.9 Å². The van der Waals surface area contributed by atoms with Gasteiger partial charge in [0, 0.05) is 12.6 Å². The lowest BCUT2D eigenvalue weighted by molar-refractivity contribution is -0.385. The summed E-state index contributed by atoms with van der Waals surface area (Å²) in [5.41, 5.74) is 0.0826. The number of hydrogen-bond donors (Lipinski definition) is 1. The van der Waals surface area contributed by atoms with E-state index in [1.54, 1.807) is 26.8 Å². The van der Waals surface area contributed by atoms with Crippen LogP contribution in [0.5, 0.6) is 0 Å². The van der Waals surface area contributed by atoms with Gasteiger partial charge in [0.05, 0.1) is 9.40 Å². The van der Waals surface area contributed by atoms with Crippen molar-refractivity contribution in [1.82, 2.24) is 4.90 Å². The Labute approximate surface area is 185 Å². The number of unbranched alkanes of at least 4 members (excludes halogenated alkanes) is 5. The largest absolute Gasteiger partial charge is 0.465 e. The SMILES string of the molecule is CC(C)(C)OC(=O)N(CCCCCCCC=Cc1ccc(Br)c([N+](=O)[O-])c1)C(=O)O. The molecule has 1 N–H and O–H groups in total. The molecule has 0 saturated heterocycles. The van der Waals surface area contributed by atoms with Gasteiger partial charge in [-0.2, -0.15) is 0 Å². The number of nitro benzene ring substituents is 1. The van der Waals surface area contributed by atoms with Crippen molar-refractivity contribution >= 4 is 39.9 Å². The normalized spacial score (nSPS) is 11.5. The van der Waals surface area contributed by atoms with E-state index in [4.69, 9.17) is 4.74 Å². The van der Waals surface area contributed by atoms with Gasteiger partial charge in [-0.1, -0.05) is 37.5 Å². The van der Waals surface area contributed by atoms with Gasteiger partial charge in [0.25, 0.3) is 5.69 Å². The predicted octanol–water partition coefficient (Wildman–Crippen LogP) is 6.63. The summed E-state index contributed by atoms with van der Waals surface area (Å²) >= 11 is 3.16. The molecule has 0 radical (unpaired) electrons. The number of hydrogen-bond acceptors (Lipinski definition) is 5. The van der Waals surface area contributed by atoms with Gasteiger partial charge < -0.3 is 9.84 Å². The molecular weight excluding hydrogens is 456 g/mol. The van der Waals surface area contributed by atoms with E-state index in [1.165, 1.54) is 6.07 Å². The Morgan fingerprint density at radius 1 is 1.20 bits per heavy atom. The van der Waals surface area contributed by atoms with Crippen molar-refractivity contribution in [2.75, 3.05) is 6.54 Å². The molecule has 9 heteroatoms. The molecule has 0 aromatic heterocycles. The Morgan fingerprint density at radius 2 is 1.83 bits per heavy atom. The fourth-order valence-corrected chi connectivity index (χ4v) is 3.03. The van der Waals surface area contributed by atoms with Crippen molar-refractivity contribution in [2.24, 2.45) is 0 Å². The minimum Gasteiger partial charge on any atom is -0.465 e. The number of ether oxygens (including phenoxy) is 1. The van der Waals surface area contributed by atoms with Gasteiger partial charge >= 0.3 is 12.2 Å². The number of allylic oxidation sites excluding steroid dienone is 1. The Morgan fingerprint density at radius 3 is 2.43 bits per heavy atom. The second-order valence-electron chi connectivity index (χ2n) is 7.84. The first kappa shape index (κ1) is 25.6. The number of carboxylic acid groups (broad SMARTS) is 1. The van der Waals surface area contributed by atoms with Crippen molar-refractivity contribution < 1.29 is 24.4 Å². The third-order valence-electron chi connectivity index (χ3n) is 4.07. The fraction of sp³-hybridized carbons (Fsp3) is 0.524. The van der Waals surface area contributed by atoms with Gasteiger partial charge in [-0.3, -0.25) is 10.1 Å². The van der Waals surface area contributed by atoms with Crippen molar-refractivity contribution in [3.05, 3.63) is 44.4 Å². The van der Waals surface area contributed by atoms with Gasteiger partial charge in [-0.05, 0) is 67.6 Å². The summed E-state index contributed by atoms with van der Waals surface area (Å²) in [6.07, 6.45) is 6.83. The lowest BCUT2D eigenvalue weighted by Gasteiger charge is -2.24. The number of carbonyl (C=O) groups is 2. The van der Waals surface area contributed by atoms with E-state index in [0.29, 0.717) is 15.8 Å². The smallest absolute Gasteiger partial charge is 0.419 e. The number of halogens is 1. The van der Waals surface area contributed by atoms with Crippen LogP contribution in [-0.4, -0.2) is 39.3 Å². The van der Waals surface area contributed by atoms with Crippen LogP contribution < -0.4 is 0 Å². The van der Waals surface area contributed by atoms with Crippen LogP contribution in [-0.2, 0) is 4.74 Å². The molecule has 0 aliphatic carbocycles. The lowest BCUT2D eigenvalue weighted by Crippen LogP contribution is -2.40. The third-order valence-corrected chi connectivity index (χ3v) is 4.75. The van der Waals surface area contributed by atoms with Crippen LogP contribution in [0.15, 0.2) is 28.7 Å². The molecule has 0 saturated carbocycles. The van der Waals surface area contributed by atoms with Gasteiger partial charge in [-0.15, -0.1) is 0 Å². The van der Waals surface area contributed by atoms with E-state index in [9.17, 15) is 24.8 Å². The molecule has 1 rings (SSSR count). The number of amides is 2. The Balaban J connectivity index is 2.27. The van der Waals surface area contributed by atoms with Crippen LogP contribution in [0.25, 0.3) is 6.08 Å². The molecule has 0 bridgehead atoms. The topological polar surface area (TPSA) is 110 Å². The summed E-state index contributed by atoms with van der Waals surface area (Å²) in [6, 6.07) is 5.00. The van der Waals surface area contributed by atoms with E-state index in [0.717, 1.165) is 37.7 Å². The molecule has 0 aliphatic rings. The molecule has 0 aliphatic heterocycles. The molecule has 2 amide bonds. The second-order valence-corrected chi connectivity index (χ2v) is 8.70. The Bertz CT molecular complexity index is 773. The highest BCUT2D eigenvalue weighted by molar-refractivity contribution is 9.10. The van der Waals surface area contributed by atoms with Gasteiger partial charge in [0.1, 0.15) is 5.60 Å². The number of rotatable bonds is 10. The summed E-state index contributed by atoms with van der Waals surface area (Å²) < 4.78 is 5.56. The maximum Gasteiger partial charge on any atom is 0.419 e. The molecule has 0 heterocycles. The van der Waals surface area contributed by atoms with E-state index >= 15 is 0 Å². The van der Waals surface area contributed by atoms with Crippen LogP contribution in [0.3, 0.4) is 0 Å². The highest BCUT2D eigenvalue weighted by atomic mass is 79.9. The standard InChI is InChI=1S/C21H29BrN2O6/c1-21(2,3)30-20(27)23(19(25)26)14-10-8-6-4-5-7-9-11-16-12-13-17(22)18(15-16)24(28)29/h9,11-13,15H,4-8,10,14H2,1-3H3,(H,25,26). The maximum atomic E-state index is 11.9. The highest BCUT2D eigenvalue weighted by Crippen LogP contribution is 2.26. The number of carbonyl (C=O) groups excluding carboxylic acids is 1. The summed E-state index contributed by atoms with van der Waals surface area (Å²) in [5, 5.41) is 20.1. The minimum absolute atomic E-state index is 0.0407. The van der Waals surface area contributed by atoms with Gasteiger partial charge in [0.15, 0.2) is 0 Å². The fourth-order valence-electron chi connectivity index (χ4n) is 2.64. The maximum absolute atomic E-state index is 11.9. The zero-order valence-electron chi connectivity index (χ0n) is 17.6. The van der Waals surface area contributed by atoms with Gasteiger partial charge in [0.2, 0.25) is 0 Å². The van der Waals surface area contributed by atoms with E-state index in [1.807, 2.05) is 18.2 Å². The van der Waals surface area contributed by atoms with E-state index in [2.05, 4.69) is 15.9 Å². The average molecular weight is 485 g/mol. The molecule has 0 atom stereocenters. The van der Waals surface area contributed by atoms with E-state index < -0.39 is 22.7 Å². The van der Waals surface area contributed by atoms with Crippen molar-refractivity contribution in [1.29, 1.82) is 0 Å². The number of imide groups is 1. The number of nitro groups is 1. The van der Waals surface area contributed by atoms with Crippen LogP contribution in [0.4, 0.5) is 15.3 Å². The van der Waals surface area contributed by atoms with Gasteiger partial charge in [-0.25, -0.2) is 14.5 Å². The number of benzene rings is 1. The highest BCUT2D eigenvalue weighted by Gasteiger charge is 2.26. The molecular formula is C21H29BrN2O6. The monoisotopic (exact) mass is 484 g/mol. The van der Waals surface area contributed by atoms with E-state index in [-0.39, 0.29) is 12.2 Å². The van der Waals surface area contributed by atoms with Crippen LogP contribution >= 0.6 is 15.9 Å². The van der Waals surface area contributed by atoms with Crippen LogP contribution in [0, 0.1) is 10.1 Å². The zero-order valence-corrected chi connectivity index (χ0v) is 19.2. The molecule has 166 valence electrons. The summed E-state index contributed by atoms with van der Waals surface area (Å²) in [7, 11) is 0. The van der Waals surface area contributed by atoms with Crippen molar-refractivity contribution in [2.45, 2.75) is 64.9 Å². The quantitative estimate of drug-likeness (QED) is 0.226. The molecule has 0 spiro atoms. The number of nitrogens with zero attached hydrogens (tertiary/aromatic N) is 2. The lowest BCUT2D eigenvalue weighted by atomic mass is 10.1. The minimum atomic E-state index is -1.30.